The van der Waals surface area contributed by atoms with Gasteiger partial charge in [0.05, 0.1) is 22.0 Å². The summed E-state index contributed by atoms with van der Waals surface area (Å²) in [6.45, 7) is 6.79. The van der Waals surface area contributed by atoms with Crippen molar-refractivity contribution in [3.8, 4) is 5.75 Å². The van der Waals surface area contributed by atoms with Gasteiger partial charge in [0.2, 0.25) is 0 Å². The Kier molecular flexibility index (Phi) is 3.79. The van der Waals surface area contributed by atoms with E-state index in [2.05, 4.69) is 18.6 Å². The number of hydrogen-bond donors (Lipinski definition) is 3. The molecule has 0 spiro atoms. The van der Waals surface area contributed by atoms with Gasteiger partial charge in [0.15, 0.2) is 5.65 Å². The number of aryl methyl sites for hydroxylation is 1. The first kappa shape index (κ1) is 14.5. The quantitative estimate of drug-likeness (QED) is 0.479. The van der Waals surface area contributed by atoms with Crippen LogP contribution in [0.3, 0.4) is 0 Å². The molecule has 0 bridgehead atoms. The van der Waals surface area contributed by atoms with Crippen LogP contribution in [0.1, 0.15) is 31.7 Å². The number of H-pyrrole nitrogens is 1. The van der Waals surface area contributed by atoms with E-state index in [0.29, 0.717) is 17.5 Å². The topological polar surface area (TPSA) is 79.9 Å². The van der Waals surface area contributed by atoms with Gasteiger partial charge < -0.3 is 15.9 Å². The van der Waals surface area contributed by atoms with Crippen LogP contribution < -0.4 is 5.73 Å². The highest BCUT2D eigenvalue weighted by molar-refractivity contribution is 6.09. The first-order chi connectivity index (χ1) is 10.7. The molecular formula is C17H22N4O. The third kappa shape index (κ3) is 2.22. The number of nitrogens with two attached hydrogens (primary N) is 1. The smallest absolute Gasteiger partial charge is 0.158 e. The summed E-state index contributed by atoms with van der Waals surface area (Å²) in [5.74, 6) is 0.223. The number of rotatable bonds is 6. The minimum absolute atomic E-state index is 0.223. The minimum atomic E-state index is 0.223. The molecule has 0 unspecified atom stereocenters. The Labute approximate surface area is 129 Å². The summed E-state index contributed by atoms with van der Waals surface area (Å²) in [6.07, 6.45) is 7.70. The number of unbranched alkanes of at least 4 members (excludes halogenated alkanes) is 2. The van der Waals surface area contributed by atoms with Crippen molar-refractivity contribution in [1.29, 1.82) is 0 Å². The maximum atomic E-state index is 10.4. The van der Waals surface area contributed by atoms with E-state index in [-0.39, 0.29) is 5.75 Å². The van der Waals surface area contributed by atoms with E-state index in [1.807, 2.05) is 16.9 Å². The molecule has 0 amide bonds. The van der Waals surface area contributed by atoms with E-state index in [1.54, 1.807) is 6.08 Å². The van der Waals surface area contributed by atoms with E-state index >= 15 is 0 Å². The Balaban J connectivity index is 2.13. The molecule has 0 aliphatic carbocycles. The lowest BCUT2D eigenvalue weighted by Crippen LogP contribution is -2.01. The lowest BCUT2D eigenvalue weighted by Gasteiger charge is -2.05. The predicted octanol–water partition coefficient (Wildman–Crippen LogP) is 3.72. The molecule has 5 heteroatoms. The van der Waals surface area contributed by atoms with Crippen molar-refractivity contribution < 1.29 is 5.11 Å². The number of anilines is 1. The lowest BCUT2D eigenvalue weighted by molar-refractivity contribution is 0.478. The minimum Gasteiger partial charge on any atom is -0.507 e. The van der Waals surface area contributed by atoms with Crippen LogP contribution in [-0.2, 0) is 13.0 Å². The van der Waals surface area contributed by atoms with Gasteiger partial charge in [-0.15, -0.1) is 6.58 Å². The van der Waals surface area contributed by atoms with E-state index in [4.69, 9.17) is 10.7 Å². The number of hydrogen-bond acceptors (Lipinski definition) is 3. The maximum absolute atomic E-state index is 10.4. The first-order valence-electron chi connectivity index (χ1n) is 7.75. The van der Waals surface area contributed by atoms with Gasteiger partial charge in [0.1, 0.15) is 5.75 Å². The molecule has 0 saturated carbocycles. The van der Waals surface area contributed by atoms with Crippen LogP contribution in [0.5, 0.6) is 5.75 Å². The fourth-order valence-electron chi connectivity index (χ4n) is 2.92. The predicted molar refractivity (Wildman–Crippen MR) is 91.1 cm³/mol. The Morgan fingerprint density at radius 1 is 1.45 bits per heavy atom. The molecule has 3 aromatic rings. The third-order valence-corrected chi connectivity index (χ3v) is 4.10. The Morgan fingerprint density at radius 2 is 2.27 bits per heavy atom. The zero-order valence-electron chi connectivity index (χ0n) is 12.9. The monoisotopic (exact) mass is 298 g/mol. The van der Waals surface area contributed by atoms with Gasteiger partial charge in [-0.2, -0.15) is 0 Å². The first-order valence-corrected chi connectivity index (χ1v) is 7.75. The SMILES string of the molecule is C=CCc1cc2nc3c(c[nH]n3CCCCC)c(N)c2c1O. The second-order valence-electron chi connectivity index (χ2n) is 5.67. The standard InChI is InChI=1S/C17H22N4O/c1-3-5-6-8-21-17-12(10-19-21)15(18)14-13(20-17)9-11(7-4-2)16(14)22/h4,9-10,19,22H,2-3,5-8,18H2,1H3. The number of fused-ring (bicyclic) bond motifs is 2. The van der Waals surface area contributed by atoms with Crippen LogP contribution in [-0.4, -0.2) is 19.9 Å². The van der Waals surface area contributed by atoms with Crippen LogP contribution in [0.15, 0.2) is 24.9 Å². The Bertz CT molecular complexity index is 828. The Hall–Kier alpha value is -2.43. The highest BCUT2D eigenvalue weighted by Gasteiger charge is 2.17. The molecule has 2 aromatic heterocycles. The van der Waals surface area contributed by atoms with Crippen molar-refractivity contribution in [2.24, 2.45) is 0 Å². The van der Waals surface area contributed by atoms with Crippen molar-refractivity contribution in [2.45, 2.75) is 39.2 Å². The van der Waals surface area contributed by atoms with Crippen molar-refractivity contribution in [3.63, 3.8) is 0 Å². The van der Waals surface area contributed by atoms with Crippen LogP contribution in [0.25, 0.3) is 21.9 Å². The van der Waals surface area contributed by atoms with Gasteiger partial charge in [0, 0.05) is 18.3 Å². The summed E-state index contributed by atoms with van der Waals surface area (Å²) in [5, 5.41) is 15.1. The molecule has 22 heavy (non-hydrogen) atoms. The Morgan fingerprint density at radius 3 is 3.00 bits per heavy atom. The van der Waals surface area contributed by atoms with E-state index in [0.717, 1.165) is 35.1 Å². The summed E-state index contributed by atoms with van der Waals surface area (Å²) in [7, 11) is 0. The second kappa shape index (κ2) is 5.75. The summed E-state index contributed by atoms with van der Waals surface area (Å²) in [5.41, 5.74) is 9.26. The fraction of sp³-hybridized carbons (Fsp3) is 0.353. The van der Waals surface area contributed by atoms with Gasteiger partial charge in [-0.3, -0.25) is 4.68 Å². The van der Waals surface area contributed by atoms with Crippen LogP contribution in [0.4, 0.5) is 5.69 Å². The molecule has 3 rings (SSSR count). The summed E-state index contributed by atoms with van der Waals surface area (Å²) in [4.78, 5) is 4.70. The lowest BCUT2D eigenvalue weighted by atomic mass is 10.2. The van der Waals surface area contributed by atoms with Gasteiger partial charge in [-0.05, 0) is 18.9 Å². The average Bonchev–Trinajstić information content (AvgIpc) is 3.03. The molecule has 0 fully saturated rings. The zero-order valence-corrected chi connectivity index (χ0v) is 12.9. The van der Waals surface area contributed by atoms with Gasteiger partial charge in [-0.1, -0.05) is 25.8 Å². The number of nitrogen functional groups attached to an aromatic ring is 1. The summed E-state index contributed by atoms with van der Waals surface area (Å²) < 4.78 is 2.03. The number of aromatic amines is 1. The van der Waals surface area contributed by atoms with E-state index in [9.17, 15) is 5.11 Å². The van der Waals surface area contributed by atoms with E-state index < -0.39 is 0 Å². The molecule has 0 aliphatic heterocycles. The number of pyridine rings is 1. The fourth-order valence-corrected chi connectivity index (χ4v) is 2.92. The number of aromatic nitrogens is 3. The van der Waals surface area contributed by atoms with Crippen LogP contribution >= 0.6 is 0 Å². The van der Waals surface area contributed by atoms with Crippen LogP contribution in [0.2, 0.25) is 0 Å². The van der Waals surface area contributed by atoms with Crippen molar-refractivity contribution in [1.82, 2.24) is 14.8 Å². The second-order valence-corrected chi connectivity index (χ2v) is 5.67. The molecule has 4 N–H and O–H groups in total. The molecule has 116 valence electrons. The highest BCUT2D eigenvalue weighted by atomic mass is 16.3. The summed E-state index contributed by atoms with van der Waals surface area (Å²) >= 11 is 0. The largest absolute Gasteiger partial charge is 0.507 e. The number of allylic oxidation sites excluding steroid dienone is 1. The molecule has 2 heterocycles. The van der Waals surface area contributed by atoms with Crippen molar-refractivity contribution >= 4 is 27.6 Å². The molecule has 0 saturated heterocycles. The van der Waals surface area contributed by atoms with E-state index in [1.165, 1.54) is 12.8 Å². The summed E-state index contributed by atoms with van der Waals surface area (Å²) in [6, 6.07) is 1.89. The van der Waals surface area contributed by atoms with Crippen molar-refractivity contribution in [2.75, 3.05) is 5.73 Å². The zero-order chi connectivity index (χ0) is 15.7. The number of aromatic hydroxyl groups is 1. The molecule has 0 aliphatic rings. The van der Waals surface area contributed by atoms with Gasteiger partial charge in [-0.25, -0.2) is 4.98 Å². The molecular weight excluding hydrogens is 276 g/mol. The van der Waals surface area contributed by atoms with Crippen LogP contribution in [0, 0.1) is 0 Å². The third-order valence-electron chi connectivity index (χ3n) is 4.10. The normalized spacial score (nSPS) is 11.5. The number of nitrogens with one attached hydrogen (secondary N) is 1. The highest BCUT2D eigenvalue weighted by Crippen LogP contribution is 2.38. The molecule has 0 radical (unpaired) electrons. The maximum Gasteiger partial charge on any atom is 0.158 e. The molecule has 5 nitrogen and oxygen atoms in total. The van der Waals surface area contributed by atoms with Gasteiger partial charge >= 0.3 is 0 Å². The number of nitrogens with zero attached hydrogens (tertiary/aromatic N) is 2. The molecule has 1 aromatic carbocycles. The molecule has 0 atom stereocenters. The van der Waals surface area contributed by atoms with Crippen molar-refractivity contribution in [3.05, 3.63) is 30.5 Å². The average molecular weight is 298 g/mol. The van der Waals surface area contributed by atoms with Gasteiger partial charge in [0.25, 0.3) is 0 Å².